The number of ether oxygens (including phenoxy) is 1. The number of nitrogens with one attached hydrogen (secondary N) is 2. The van der Waals surface area contributed by atoms with E-state index in [1.54, 1.807) is 6.07 Å². The van der Waals surface area contributed by atoms with Gasteiger partial charge >= 0.3 is 5.97 Å². The molecule has 2 heterocycles. The summed E-state index contributed by atoms with van der Waals surface area (Å²) in [6, 6.07) is 1.04. The fraction of sp³-hybridized carbons (Fsp3) is 0.467. The number of carbonyl (C=O) groups excluding carboxylic acids is 2. The fourth-order valence-electron chi connectivity index (χ4n) is 2.21. The van der Waals surface area contributed by atoms with Gasteiger partial charge in [0.1, 0.15) is 6.04 Å². The third-order valence-electron chi connectivity index (χ3n) is 3.36. The molecule has 0 spiro atoms. The second-order valence-corrected chi connectivity index (χ2v) is 5.62. The molecule has 0 aliphatic carbocycles. The Labute approximate surface area is 128 Å². The predicted molar refractivity (Wildman–Crippen MR) is 81.4 cm³/mol. The molecule has 1 unspecified atom stereocenters. The first-order valence-electron chi connectivity index (χ1n) is 7.11. The lowest BCUT2D eigenvalue weighted by molar-refractivity contribution is -0.143. The smallest absolute Gasteiger partial charge is 0.328 e. The molecular formula is C15H20N4O3. The summed E-state index contributed by atoms with van der Waals surface area (Å²) in [5, 5.41) is 10.3. The quantitative estimate of drug-likeness (QED) is 0.817. The third kappa shape index (κ3) is 3.41. The molecule has 2 rings (SSSR count). The topological polar surface area (TPSA) is 97.0 Å². The summed E-state index contributed by atoms with van der Waals surface area (Å²) in [6.07, 6.45) is 1.96. The van der Waals surface area contributed by atoms with E-state index in [-0.39, 0.29) is 11.8 Å². The Morgan fingerprint density at radius 2 is 2.14 bits per heavy atom. The maximum Gasteiger partial charge on any atom is 0.328 e. The van der Waals surface area contributed by atoms with E-state index >= 15 is 0 Å². The van der Waals surface area contributed by atoms with Crippen LogP contribution in [-0.4, -0.2) is 40.2 Å². The molecule has 0 fully saturated rings. The van der Waals surface area contributed by atoms with Gasteiger partial charge < -0.3 is 10.1 Å². The highest BCUT2D eigenvalue weighted by molar-refractivity contribution is 5.99. The number of methoxy groups -OCH3 is 1. The molecule has 1 atom stereocenters. The molecule has 2 N–H and O–H groups in total. The van der Waals surface area contributed by atoms with Crippen LogP contribution in [0.4, 0.5) is 0 Å². The molecule has 2 aromatic heterocycles. The zero-order valence-corrected chi connectivity index (χ0v) is 13.1. The van der Waals surface area contributed by atoms with E-state index in [4.69, 9.17) is 4.74 Å². The number of amides is 1. The Bertz CT molecular complexity index is 693. The standard InChI is InChI=1S/C15H20N4O3/c1-8(2)5-12(15(21)22-4)17-14(20)10-6-11-9(3)18-19-13(11)16-7-10/h6-8,12H,5H2,1-4H3,(H,17,20)(H,16,18,19). The van der Waals surface area contributed by atoms with Crippen LogP contribution in [0.2, 0.25) is 0 Å². The van der Waals surface area contributed by atoms with E-state index in [0.29, 0.717) is 17.6 Å². The lowest BCUT2D eigenvalue weighted by Crippen LogP contribution is -2.42. The van der Waals surface area contributed by atoms with Crippen molar-refractivity contribution in [1.82, 2.24) is 20.5 Å². The number of aryl methyl sites for hydroxylation is 1. The number of carbonyl (C=O) groups is 2. The maximum absolute atomic E-state index is 12.3. The minimum absolute atomic E-state index is 0.251. The summed E-state index contributed by atoms with van der Waals surface area (Å²) >= 11 is 0. The van der Waals surface area contributed by atoms with E-state index in [9.17, 15) is 9.59 Å². The number of aromatic nitrogens is 3. The number of pyridine rings is 1. The largest absolute Gasteiger partial charge is 0.467 e. The van der Waals surface area contributed by atoms with E-state index in [1.807, 2.05) is 20.8 Å². The van der Waals surface area contributed by atoms with E-state index in [2.05, 4.69) is 20.5 Å². The van der Waals surface area contributed by atoms with Gasteiger partial charge in [-0.05, 0) is 25.3 Å². The zero-order valence-electron chi connectivity index (χ0n) is 13.1. The Kier molecular flexibility index (Phi) is 4.75. The molecule has 7 heteroatoms. The van der Waals surface area contributed by atoms with Crippen LogP contribution in [0, 0.1) is 12.8 Å². The van der Waals surface area contributed by atoms with Gasteiger partial charge in [0, 0.05) is 17.3 Å². The van der Waals surface area contributed by atoms with E-state index < -0.39 is 12.0 Å². The summed E-state index contributed by atoms with van der Waals surface area (Å²) in [5.74, 6) is -0.553. The van der Waals surface area contributed by atoms with Gasteiger partial charge in [-0.3, -0.25) is 9.89 Å². The lowest BCUT2D eigenvalue weighted by Gasteiger charge is -2.18. The third-order valence-corrected chi connectivity index (χ3v) is 3.36. The number of hydrogen-bond donors (Lipinski definition) is 2. The molecule has 7 nitrogen and oxygen atoms in total. The SMILES string of the molecule is COC(=O)C(CC(C)C)NC(=O)c1cnc2n[nH]c(C)c2c1. The highest BCUT2D eigenvalue weighted by Crippen LogP contribution is 2.15. The average molecular weight is 304 g/mol. The van der Waals surface area contributed by atoms with Gasteiger partial charge in [0.2, 0.25) is 0 Å². The van der Waals surface area contributed by atoms with Gasteiger partial charge in [0.25, 0.3) is 5.91 Å². The van der Waals surface area contributed by atoms with Gasteiger partial charge in [-0.1, -0.05) is 13.8 Å². The van der Waals surface area contributed by atoms with Crippen molar-refractivity contribution in [2.45, 2.75) is 33.2 Å². The lowest BCUT2D eigenvalue weighted by atomic mass is 10.0. The number of esters is 1. The molecular weight excluding hydrogens is 284 g/mol. The molecule has 1 amide bonds. The predicted octanol–water partition coefficient (Wildman–Crippen LogP) is 1.58. The Morgan fingerprint density at radius 1 is 1.41 bits per heavy atom. The van der Waals surface area contributed by atoms with Crippen LogP contribution in [-0.2, 0) is 9.53 Å². The normalized spacial score (nSPS) is 12.4. The van der Waals surface area contributed by atoms with Crippen molar-refractivity contribution in [3.05, 3.63) is 23.5 Å². The molecule has 0 aliphatic rings. The summed E-state index contributed by atoms with van der Waals surface area (Å²) < 4.78 is 4.74. The second kappa shape index (κ2) is 6.55. The van der Waals surface area contributed by atoms with Crippen molar-refractivity contribution in [2.75, 3.05) is 7.11 Å². The number of hydrogen-bond acceptors (Lipinski definition) is 5. The Morgan fingerprint density at radius 3 is 2.77 bits per heavy atom. The van der Waals surface area contributed by atoms with E-state index in [1.165, 1.54) is 13.3 Å². The summed E-state index contributed by atoms with van der Waals surface area (Å²) in [7, 11) is 1.31. The molecule has 0 aliphatic heterocycles. The number of rotatable bonds is 5. The van der Waals surface area contributed by atoms with Crippen molar-refractivity contribution in [2.24, 2.45) is 5.92 Å². The minimum Gasteiger partial charge on any atom is -0.467 e. The Balaban J connectivity index is 2.20. The van der Waals surface area contributed by atoms with Gasteiger partial charge in [0.05, 0.1) is 12.7 Å². The fourth-order valence-corrected chi connectivity index (χ4v) is 2.21. The minimum atomic E-state index is -0.668. The van der Waals surface area contributed by atoms with Crippen LogP contribution in [0.5, 0.6) is 0 Å². The molecule has 0 saturated carbocycles. The van der Waals surface area contributed by atoms with Crippen LogP contribution in [0.1, 0.15) is 36.3 Å². The monoisotopic (exact) mass is 304 g/mol. The first-order valence-corrected chi connectivity index (χ1v) is 7.11. The Hall–Kier alpha value is -2.44. The molecule has 0 aromatic carbocycles. The van der Waals surface area contributed by atoms with Gasteiger partial charge in [-0.25, -0.2) is 9.78 Å². The zero-order chi connectivity index (χ0) is 16.3. The van der Waals surface area contributed by atoms with Crippen LogP contribution >= 0.6 is 0 Å². The highest BCUT2D eigenvalue weighted by atomic mass is 16.5. The van der Waals surface area contributed by atoms with Crippen LogP contribution < -0.4 is 5.32 Å². The van der Waals surface area contributed by atoms with Gasteiger partial charge in [0.15, 0.2) is 5.65 Å². The molecule has 0 bridgehead atoms. The van der Waals surface area contributed by atoms with Gasteiger partial charge in [-0.15, -0.1) is 0 Å². The van der Waals surface area contributed by atoms with Crippen molar-refractivity contribution in [3.63, 3.8) is 0 Å². The molecule has 0 radical (unpaired) electrons. The highest BCUT2D eigenvalue weighted by Gasteiger charge is 2.23. The van der Waals surface area contributed by atoms with Crippen molar-refractivity contribution >= 4 is 22.9 Å². The molecule has 0 saturated heterocycles. The van der Waals surface area contributed by atoms with Crippen LogP contribution in [0.25, 0.3) is 11.0 Å². The number of fused-ring (bicyclic) bond motifs is 1. The number of aromatic amines is 1. The maximum atomic E-state index is 12.3. The van der Waals surface area contributed by atoms with E-state index in [0.717, 1.165) is 11.1 Å². The molecule has 22 heavy (non-hydrogen) atoms. The first-order chi connectivity index (χ1) is 10.4. The van der Waals surface area contributed by atoms with Crippen LogP contribution in [0.3, 0.4) is 0 Å². The van der Waals surface area contributed by atoms with Crippen molar-refractivity contribution in [1.29, 1.82) is 0 Å². The van der Waals surface area contributed by atoms with Gasteiger partial charge in [-0.2, -0.15) is 5.10 Å². The van der Waals surface area contributed by atoms with Crippen LogP contribution in [0.15, 0.2) is 12.3 Å². The number of nitrogens with zero attached hydrogens (tertiary/aromatic N) is 2. The van der Waals surface area contributed by atoms with Crippen molar-refractivity contribution < 1.29 is 14.3 Å². The molecule has 118 valence electrons. The first kappa shape index (κ1) is 15.9. The summed E-state index contributed by atoms with van der Waals surface area (Å²) in [5.41, 5.74) is 1.78. The summed E-state index contributed by atoms with van der Waals surface area (Å²) in [4.78, 5) is 28.3. The average Bonchev–Trinajstić information content (AvgIpc) is 2.86. The number of H-pyrrole nitrogens is 1. The summed E-state index contributed by atoms with van der Waals surface area (Å²) in [6.45, 7) is 5.81. The molecule has 2 aromatic rings. The second-order valence-electron chi connectivity index (χ2n) is 5.62. The van der Waals surface area contributed by atoms with Crippen molar-refractivity contribution in [3.8, 4) is 0 Å².